The van der Waals surface area contributed by atoms with Gasteiger partial charge in [0.25, 0.3) is 0 Å². The minimum atomic E-state index is 0.687. The third-order valence-electron chi connectivity index (χ3n) is 3.58. The van der Waals surface area contributed by atoms with Crippen molar-refractivity contribution in [2.24, 2.45) is 0 Å². The van der Waals surface area contributed by atoms with Gasteiger partial charge in [-0.25, -0.2) is 9.67 Å². The molecule has 0 aliphatic heterocycles. The maximum atomic E-state index is 4.65. The van der Waals surface area contributed by atoms with E-state index in [0.29, 0.717) is 6.54 Å². The Morgan fingerprint density at radius 3 is 2.75 bits per heavy atom. The zero-order valence-electron chi connectivity index (χ0n) is 12.8. The lowest BCUT2D eigenvalue weighted by Crippen LogP contribution is -2.13. The molecule has 0 saturated carbocycles. The lowest BCUT2D eigenvalue weighted by Gasteiger charge is -2.07. The molecule has 2 aromatic heterocycles. The Hall–Kier alpha value is -1.69. The number of likely N-dealkylation sites (N-methyl/N-ethyl adjacent to an activating group) is 1. The summed E-state index contributed by atoms with van der Waals surface area (Å²) in [7, 11) is 1.97. The van der Waals surface area contributed by atoms with Gasteiger partial charge in [0.15, 0.2) is 0 Å². The predicted molar refractivity (Wildman–Crippen MR) is 78.7 cm³/mol. The van der Waals surface area contributed by atoms with Crippen LogP contribution in [0.4, 0.5) is 0 Å². The summed E-state index contributed by atoms with van der Waals surface area (Å²) in [6.45, 7) is 8.91. The van der Waals surface area contributed by atoms with E-state index in [2.05, 4.69) is 41.3 Å². The Kier molecular flexibility index (Phi) is 4.89. The van der Waals surface area contributed by atoms with E-state index in [0.717, 1.165) is 37.4 Å². The maximum Gasteiger partial charge on any atom is 0.148 e. The zero-order chi connectivity index (χ0) is 14.5. The Morgan fingerprint density at radius 1 is 1.25 bits per heavy atom. The topological polar surface area (TPSA) is 60.6 Å². The highest BCUT2D eigenvalue weighted by atomic mass is 15.4. The highest BCUT2D eigenvalue weighted by molar-refractivity contribution is 5.25. The number of rotatable bonds is 7. The van der Waals surface area contributed by atoms with Crippen molar-refractivity contribution in [1.82, 2.24) is 29.9 Å². The van der Waals surface area contributed by atoms with Gasteiger partial charge in [0.1, 0.15) is 18.7 Å². The van der Waals surface area contributed by atoms with Crippen molar-refractivity contribution in [1.29, 1.82) is 0 Å². The van der Waals surface area contributed by atoms with Gasteiger partial charge in [-0.3, -0.25) is 4.68 Å². The van der Waals surface area contributed by atoms with E-state index >= 15 is 0 Å². The van der Waals surface area contributed by atoms with Crippen LogP contribution in [-0.2, 0) is 19.5 Å². The molecule has 6 nitrogen and oxygen atoms in total. The molecule has 2 aromatic rings. The van der Waals surface area contributed by atoms with Gasteiger partial charge in [-0.2, -0.15) is 10.2 Å². The van der Waals surface area contributed by atoms with E-state index in [1.807, 2.05) is 16.4 Å². The van der Waals surface area contributed by atoms with E-state index in [9.17, 15) is 0 Å². The van der Waals surface area contributed by atoms with Gasteiger partial charge in [-0.05, 0) is 45.8 Å². The number of aryl methyl sites for hydroxylation is 2. The second-order valence-electron chi connectivity index (χ2n) is 5.06. The molecule has 0 aliphatic carbocycles. The predicted octanol–water partition coefficient (Wildman–Crippen LogP) is 1.31. The van der Waals surface area contributed by atoms with Crippen molar-refractivity contribution >= 4 is 0 Å². The minimum Gasteiger partial charge on any atom is -0.319 e. The number of hydrogen-bond acceptors (Lipinski definition) is 4. The minimum absolute atomic E-state index is 0.687. The van der Waals surface area contributed by atoms with Crippen LogP contribution in [0.3, 0.4) is 0 Å². The van der Waals surface area contributed by atoms with Crippen LogP contribution < -0.4 is 5.32 Å². The molecule has 0 bridgehead atoms. The van der Waals surface area contributed by atoms with Crippen LogP contribution in [0.1, 0.15) is 36.1 Å². The van der Waals surface area contributed by atoms with E-state index in [-0.39, 0.29) is 0 Å². The van der Waals surface area contributed by atoms with Crippen LogP contribution in [0.5, 0.6) is 0 Å². The summed E-state index contributed by atoms with van der Waals surface area (Å²) in [4.78, 5) is 4.35. The van der Waals surface area contributed by atoms with Gasteiger partial charge in [-0.1, -0.05) is 6.92 Å². The molecular weight excluding hydrogens is 252 g/mol. The summed E-state index contributed by atoms with van der Waals surface area (Å²) < 4.78 is 4.00. The summed E-state index contributed by atoms with van der Waals surface area (Å²) in [5, 5.41) is 12.1. The van der Waals surface area contributed by atoms with E-state index in [1.54, 1.807) is 6.33 Å². The van der Waals surface area contributed by atoms with Crippen LogP contribution >= 0.6 is 0 Å². The van der Waals surface area contributed by atoms with Crippen molar-refractivity contribution < 1.29 is 0 Å². The maximum absolute atomic E-state index is 4.65. The Morgan fingerprint density at radius 2 is 2.05 bits per heavy atom. The molecule has 0 atom stereocenters. The van der Waals surface area contributed by atoms with Crippen molar-refractivity contribution in [2.75, 3.05) is 13.6 Å². The molecule has 0 amide bonds. The van der Waals surface area contributed by atoms with Crippen LogP contribution in [0.25, 0.3) is 0 Å². The van der Waals surface area contributed by atoms with Gasteiger partial charge in [0, 0.05) is 12.2 Å². The van der Waals surface area contributed by atoms with E-state index < -0.39 is 0 Å². The molecule has 2 heterocycles. The fourth-order valence-corrected chi connectivity index (χ4v) is 2.44. The summed E-state index contributed by atoms with van der Waals surface area (Å²) in [5.41, 5.74) is 3.67. The highest BCUT2D eigenvalue weighted by Gasteiger charge is 2.13. The largest absolute Gasteiger partial charge is 0.319 e. The Balaban J connectivity index is 2.19. The van der Waals surface area contributed by atoms with Crippen molar-refractivity contribution in [3.05, 3.63) is 29.1 Å². The Labute approximate surface area is 120 Å². The molecule has 20 heavy (non-hydrogen) atoms. The first-order valence-electron chi connectivity index (χ1n) is 7.21. The number of nitrogens with one attached hydrogen (secondary N) is 1. The molecule has 2 rings (SSSR count). The quantitative estimate of drug-likeness (QED) is 0.828. The second-order valence-corrected chi connectivity index (χ2v) is 5.06. The molecule has 0 aliphatic rings. The van der Waals surface area contributed by atoms with Crippen LogP contribution in [-0.4, -0.2) is 38.1 Å². The average Bonchev–Trinajstić information content (AvgIpc) is 2.96. The molecule has 0 unspecified atom stereocenters. The van der Waals surface area contributed by atoms with Gasteiger partial charge in [-0.15, -0.1) is 0 Å². The summed E-state index contributed by atoms with van der Waals surface area (Å²) >= 11 is 0. The van der Waals surface area contributed by atoms with Gasteiger partial charge in [0.05, 0.1) is 5.69 Å². The molecule has 0 fully saturated rings. The van der Waals surface area contributed by atoms with E-state index in [4.69, 9.17) is 0 Å². The summed E-state index contributed by atoms with van der Waals surface area (Å²) in [5.74, 6) is 0.970. The fourth-order valence-electron chi connectivity index (χ4n) is 2.44. The van der Waals surface area contributed by atoms with Gasteiger partial charge in [0.2, 0.25) is 0 Å². The molecule has 110 valence electrons. The molecule has 1 N–H and O–H groups in total. The SMILES string of the molecule is CCCn1ncnc1Cn1nc(C)c(CCNC)c1C. The third-order valence-corrected chi connectivity index (χ3v) is 3.58. The normalized spacial score (nSPS) is 11.2. The monoisotopic (exact) mass is 276 g/mol. The highest BCUT2D eigenvalue weighted by Crippen LogP contribution is 2.14. The lowest BCUT2D eigenvalue weighted by molar-refractivity contribution is 0.533. The number of nitrogens with zero attached hydrogens (tertiary/aromatic N) is 5. The average molecular weight is 276 g/mol. The van der Waals surface area contributed by atoms with Crippen LogP contribution in [0.15, 0.2) is 6.33 Å². The van der Waals surface area contributed by atoms with E-state index in [1.165, 1.54) is 11.3 Å². The van der Waals surface area contributed by atoms with Crippen LogP contribution in [0.2, 0.25) is 0 Å². The Bertz CT molecular complexity index is 554. The molecule has 0 radical (unpaired) electrons. The fraction of sp³-hybridized carbons (Fsp3) is 0.643. The molecule has 0 spiro atoms. The second kappa shape index (κ2) is 6.65. The molecule has 6 heteroatoms. The molecular formula is C14H24N6. The molecule has 0 saturated heterocycles. The first-order valence-corrected chi connectivity index (χ1v) is 7.21. The number of hydrogen-bond donors (Lipinski definition) is 1. The van der Waals surface area contributed by atoms with Crippen LogP contribution in [0, 0.1) is 13.8 Å². The summed E-state index contributed by atoms with van der Waals surface area (Å²) in [6.07, 6.45) is 3.69. The van der Waals surface area contributed by atoms with Crippen molar-refractivity contribution in [3.8, 4) is 0 Å². The molecule has 0 aromatic carbocycles. The third kappa shape index (κ3) is 3.07. The smallest absolute Gasteiger partial charge is 0.148 e. The van der Waals surface area contributed by atoms with Crippen molar-refractivity contribution in [2.45, 2.75) is 46.7 Å². The first kappa shape index (κ1) is 14.7. The van der Waals surface area contributed by atoms with Gasteiger partial charge < -0.3 is 5.32 Å². The zero-order valence-corrected chi connectivity index (χ0v) is 12.8. The standard InChI is InChI=1S/C14H24N6/c1-5-8-19-14(16-10-17-19)9-20-12(3)13(6-7-15-4)11(2)18-20/h10,15H,5-9H2,1-4H3. The van der Waals surface area contributed by atoms with Crippen molar-refractivity contribution in [3.63, 3.8) is 0 Å². The summed E-state index contributed by atoms with van der Waals surface area (Å²) in [6, 6.07) is 0. The number of aromatic nitrogens is 5. The van der Waals surface area contributed by atoms with Gasteiger partial charge >= 0.3 is 0 Å². The first-order chi connectivity index (χ1) is 9.67. The lowest BCUT2D eigenvalue weighted by atomic mass is 10.1.